The smallest absolute Gasteiger partial charge is 0.116 e. The number of imidazole rings is 1. The molecule has 1 saturated carbocycles. The average molecular weight is 229 g/mol. The third-order valence-electron chi connectivity index (χ3n) is 3.80. The second-order valence-electron chi connectivity index (χ2n) is 5.10. The minimum absolute atomic E-state index is 0.0491. The lowest BCUT2D eigenvalue weighted by Gasteiger charge is -2.14. The first-order valence-electron chi connectivity index (χ1n) is 6.49. The molecule has 0 amide bonds. The second kappa shape index (κ2) is 4.15. The molecule has 0 saturated heterocycles. The van der Waals surface area contributed by atoms with Gasteiger partial charge in [-0.05, 0) is 31.9 Å². The van der Waals surface area contributed by atoms with Crippen LogP contribution < -0.4 is 5.73 Å². The fourth-order valence-electron chi connectivity index (χ4n) is 2.93. The molecule has 90 valence electrons. The second-order valence-corrected chi connectivity index (χ2v) is 5.10. The average Bonchev–Trinajstić information content (AvgIpc) is 2.96. The van der Waals surface area contributed by atoms with E-state index in [1.807, 2.05) is 13.1 Å². The highest BCUT2D eigenvalue weighted by molar-refractivity contribution is 5.48. The summed E-state index contributed by atoms with van der Waals surface area (Å²) in [7, 11) is 0. The molecule has 0 radical (unpaired) electrons. The van der Waals surface area contributed by atoms with E-state index in [1.54, 1.807) is 0 Å². The van der Waals surface area contributed by atoms with E-state index < -0.39 is 0 Å². The molecule has 17 heavy (non-hydrogen) atoms. The van der Waals surface area contributed by atoms with Crippen molar-refractivity contribution in [3.63, 3.8) is 0 Å². The van der Waals surface area contributed by atoms with Gasteiger partial charge in [0.25, 0.3) is 0 Å². The SMILES string of the molecule is CC(N)c1cccc2cnc(C3CCCC3)n12. The largest absolute Gasteiger partial charge is 0.323 e. The zero-order chi connectivity index (χ0) is 11.8. The lowest BCUT2D eigenvalue weighted by atomic mass is 10.1. The van der Waals surface area contributed by atoms with Crippen LogP contribution in [-0.2, 0) is 0 Å². The third kappa shape index (κ3) is 1.75. The van der Waals surface area contributed by atoms with Gasteiger partial charge in [-0.25, -0.2) is 4.98 Å². The number of pyridine rings is 1. The molecule has 3 rings (SSSR count). The van der Waals surface area contributed by atoms with Crippen molar-refractivity contribution in [3.05, 3.63) is 35.9 Å². The van der Waals surface area contributed by atoms with Crippen LogP contribution in [0.25, 0.3) is 5.52 Å². The summed E-state index contributed by atoms with van der Waals surface area (Å²) in [4.78, 5) is 4.63. The Morgan fingerprint density at radius 2 is 2.12 bits per heavy atom. The number of nitrogens with two attached hydrogens (primary N) is 1. The van der Waals surface area contributed by atoms with Crippen LogP contribution in [0.3, 0.4) is 0 Å². The van der Waals surface area contributed by atoms with Crippen molar-refractivity contribution in [1.29, 1.82) is 0 Å². The van der Waals surface area contributed by atoms with Gasteiger partial charge in [0.15, 0.2) is 0 Å². The van der Waals surface area contributed by atoms with Gasteiger partial charge in [0.05, 0.1) is 11.7 Å². The van der Waals surface area contributed by atoms with Crippen LogP contribution in [0.1, 0.15) is 56.1 Å². The molecule has 1 fully saturated rings. The first-order chi connectivity index (χ1) is 8.27. The summed E-state index contributed by atoms with van der Waals surface area (Å²) < 4.78 is 2.26. The van der Waals surface area contributed by atoms with Gasteiger partial charge in [-0.15, -0.1) is 0 Å². The number of rotatable bonds is 2. The molecule has 0 spiro atoms. The van der Waals surface area contributed by atoms with Crippen molar-refractivity contribution in [2.75, 3.05) is 0 Å². The summed E-state index contributed by atoms with van der Waals surface area (Å²) >= 11 is 0. The molecule has 0 aromatic carbocycles. The van der Waals surface area contributed by atoms with Crippen LogP contribution in [0.15, 0.2) is 24.4 Å². The monoisotopic (exact) mass is 229 g/mol. The summed E-state index contributed by atoms with van der Waals surface area (Å²) in [5.41, 5.74) is 8.39. The third-order valence-corrected chi connectivity index (χ3v) is 3.80. The van der Waals surface area contributed by atoms with Crippen LogP contribution in [-0.4, -0.2) is 9.38 Å². The molecular weight excluding hydrogens is 210 g/mol. The van der Waals surface area contributed by atoms with Gasteiger partial charge in [0.1, 0.15) is 5.82 Å². The molecule has 1 aliphatic carbocycles. The number of fused-ring (bicyclic) bond motifs is 1. The molecule has 0 bridgehead atoms. The highest BCUT2D eigenvalue weighted by atomic mass is 15.0. The van der Waals surface area contributed by atoms with E-state index in [-0.39, 0.29) is 6.04 Å². The molecular formula is C14H19N3. The van der Waals surface area contributed by atoms with E-state index in [0.29, 0.717) is 5.92 Å². The fourth-order valence-corrected chi connectivity index (χ4v) is 2.93. The van der Waals surface area contributed by atoms with E-state index in [2.05, 4.69) is 27.6 Å². The highest BCUT2D eigenvalue weighted by Gasteiger charge is 2.22. The van der Waals surface area contributed by atoms with E-state index in [9.17, 15) is 0 Å². The van der Waals surface area contributed by atoms with Crippen LogP contribution in [0.2, 0.25) is 0 Å². The molecule has 0 aliphatic heterocycles. The van der Waals surface area contributed by atoms with Crippen molar-refractivity contribution >= 4 is 5.52 Å². The van der Waals surface area contributed by atoms with Crippen molar-refractivity contribution in [3.8, 4) is 0 Å². The Morgan fingerprint density at radius 1 is 1.35 bits per heavy atom. The van der Waals surface area contributed by atoms with Crippen LogP contribution in [0, 0.1) is 0 Å². The zero-order valence-corrected chi connectivity index (χ0v) is 10.3. The van der Waals surface area contributed by atoms with Crippen molar-refractivity contribution in [2.24, 2.45) is 5.73 Å². The Morgan fingerprint density at radius 3 is 2.82 bits per heavy atom. The Bertz CT molecular complexity index is 521. The molecule has 2 heterocycles. The van der Waals surface area contributed by atoms with E-state index in [1.165, 1.54) is 42.7 Å². The predicted octanol–water partition coefficient (Wildman–Crippen LogP) is 3.01. The van der Waals surface area contributed by atoms with Gasteiger partial charge < -0.3 is 5.73 Å². The highest BCUT2D eigenvalue weighted by Crippen LogP contribution is 2.34. The molecule has 3 heteroatoms. The summed E-state index contributed by atoms with van der Waals surface area (Å²) in [5.74, 6) is 1.84. The molecule has 2 aromatic rings. The predicted molar refractivity (Wildman–Crippen MR) is 69.0 cm³/mol. The normalized spacial score (nSPS) is 18.9. The Hall–Kier alpha value is -1.35. The van der Waals surface area contributed by atoms with Gasteiger partial charge in [-0.3, -0.25) is 4.40 Å². The maximum absolute atomic E-state index is 6.06. The number of nitrogens with zero attached hydrogens (tertiary/aromatic N) is 2. The topological polar surface area (TPSA) is 43.3 Å². The Balaban J connectivity index is 2.18. The quantitative estimate of drug-likeness (QED) is 0.860. The number of hydrogen-bond acceptors (Lipinski definition) is 2. The van der Waals surface area contributed by atoms with E-state index in [0.717, 1.165) is 0 Å². The molecule has 1 atom stereocenters. The maximum Gasteiger partial charge on any atom is 0.116 e. The van der Waals surface area contributed by atoms with E-state index >= 15 is 0 Å². The minimum atomic E-state index is 0.0491. The maximum atomic E-state index is 6.06. The van der Waals surface area contributed by atoms with Gasteiger partial charge in [-0.1, -0.05) is 18.9 Å². The minimum Gasteiger partial charge on any atom is -0.323 e. The van der Waals surface area contributed by atoms with Gasteiger partial charge in [-0.2, -0.15) is 0 Å². The number of hydrogen-bond donors (Lipinski definition) is 1. The van der Waals surface area contributed by atoms with Crippen molar-refractivity contribution < 1.29 is 0 Å². The molecule has 1 aliphatic rings. The van der Waals surface area contributed by atoms with Gasteiger partial charge in [0.2, 0.25) is 0 Å². The first-order valence-corrected chi connectivity index (χ1v) is 6.49. The fraction of sp³-hybridized carbons (Fsp3) is 0.500. The summed E-state index contributed by atoms with van der Waals surface area (Å²) in [6, 6.07) is 6.33. The van der Waals surface area contributed by atoms with Gasteiger partial charge in [0, 0.05) is 17.7 Å². The zero-order valence-electron chi connectivity index (χ0n) is 10.3. The Labute approximate surface area is 102 Å². The molecule has 2 N–H and O–H groups in total. The standard InChI is InChI=1S/C14H19N3/c1-10(15)13-8-4-7-12-9-16-14(17(12)13)11-5-2-3-6-11/h4,7-11H,2-3,5-6,15H2,1H3. The van der Waals surface area contributed by atoms with Gasteiger partial charge >= 0.3 is 0 Å². The van der Waals surface area contributed by atoms with Crippen LogP contribution >= 0.6 is 0 Å². The summed E-state index contributed by atoms with van der Waals surface area (Å²) in [6.45, 7) is 2.03. The van der Waals surface area contributed by atoms with Crippen LogP contribution in [0.4, 0.5) is 0 Å². The summed E-state index contributed by atoms with van der Waals surface area (Å²) in [6.07, 6.45) is 7.18. The van der Waals surface area contributed by atoms with Crippen molar-refractivity contribution in [1.82, 2.24) is 9.38 Å². The molecule has 2 aromatic heterocycles. The molecule has 3 nitrogen and oxygen atoms in total. The summed E-state index contributed by atoms with van der Waals surface area (Å²) in [5, 5.41) is 0. The lowest BCUT2D eigenvalue weighted by Crippen LogP contribution is -2.13. The van der Waals surface area contributed by atoms with Crippen molar-refractivity contribution in [2.45, 2.75) is 44.6 Å². The first kappa shape index (κ1) is 10.8. The number of aromatic nitrogens is 2. The Kier molecular flexibility index (Phi) is 2.63. The lowest BCUT2D eigenvalue weighted by molar-refractivity contribution is 0.644. The van der Waals surface area contributed by atoms with Crippen LogP contribution in [0.5, 0.6) is 0 Å². The van der Waals surface area contributed by atoms with E-state index in [4.69, 9.17) is 5.73 Å². The molecule has 1 unspecified atom stereocenters.